The van der Waals surface area contributed by atoms with E-state index in [4.69, 9.17) is 9.97 Å². The zero-order valence-electron chi connectivity index (χ0n) is 21.8. The summed E-state index contributed by atoms with van der Waals surface area (Å²) in [6, 6.07) is 46.1. The highest BCUT2D eigenvalue weighted by Crippen LogP contribution is 2.30. The van der Waals surface area contributed by atoms with Crippen LogP contribution in [0.1, 0.15) is 0 Å². The first-order valence-corrected chi connectivity index (χ1v) is 13.3. The SMILES string of the molecule is c1ccc(Nc2ccc(-c3ccc4ccccc4c3)cn2)c(Nc2ccc(-c3ccc4ccccc4c3)cn2)c1. The molecule has 2 N–H and O–H groups in total. The number of benzene rings is 5. The standard InChI is InChI=1S/C36H26N4/c1-3-9-27-21-29(15-13-25(27)7-1)31-17-19-35(37-23-31)39-33-11-5-6-12-34(33)40-36-20-18-32(24-38-36)30-16-14-26-8-2-4-10-28(26)22-30/h1-24H,(H,37,39)(H,38,40). The van der Waals surface area contributed by atoms with Crippen molar-refractivity contribution in [3.63, 3.8) is 0 Å². The highest BCUT2D eigenvalue weighted by atomic mass is 15.0. The summed E-state index contributed by atoms with van der Waals surface area (Å²) >= 11 is 0. The van der Waals surface area contributed by atoms with Crippen LogP contribution < -0.4 is 10.6 Å². The summed E-state index contributed by atoms with van der Waals surface area (Å²) in [5, 5.41) is 11.8. The van der Waals surface area contributed by atoms with Crippen molar-refractivity contribution in [2.24, 2.45) is 0 Å². The van der Waals surface area contributed by atoms with E-state index in [2.05, 4.69) is 108 Å². The topological polar surface area (TPSA) is 49.8 Å². The molecule has 4 nitrogen and oxygen atoms in total. The summed E-state index contributed by atoms with van der Waals surface area (Å²) in [6.07, 6.45) is 3.82. The number of hydrogen-bond acceptors (Lipinski definition) is 4. The molecule has 5 aromatic carbocycles. The van der Waals surface area contributed by atoms with E-state index in [1.165, 1.54) is 21.5 Å². The van der Waals surface area contributed by atoms with Gasteiger partial charge in [-0.15, -0.1) is 0 Å². The van der Waals surface area contributed by atoms with Gasteiger partial charge in [0.25, 0.3) is 0 Å². The summed E-state index contributed by atoms with van der Waals surface area (Å²) in [7, 11) is 0. The Morgan fingerprint density at radius 2 is 0.750 bits per heavy atom. The van der Waals surface area contributed by atoms with Crippen molar-refractivity contribution in [2.45, 2.75) is 0 Å². The van der Waals surface area contributed by atoms with E-state index < -0.39 is 0 Å². The molecule has 0 amide bonds. The monoisotopic (exact) mass is 514 g/mol. The number of aromatic nitrogens is 2. The van der Waals surface area contributed by atoms with Gasteiger partial charge in [-0.1, -0.05) is 84.9 Å². The molecule has 0 bridgehead atoms. The van der Waals surface area contributed by atoms with Crippen LogP contribution in [0.15, 0.2) is 146 Å². The molecule has 7 aromatic rings. The van der Waals surface area contributed by atoms with E-state index in [1.54, 1.807) is 0 Å². The average molecular weight is 515 g/mol. The van der Waals surface area contributed by atoms with E-state index >= 15 is 0 Å². The van der Waals surface area contributed by atoms with Gasteiger partial charge < -0.3 is 10.6 Å². The minimum atomic E-state index is 0.776. The van der Waals surface area contributed by atoms with Crippen molar-refractivity contribution in [3.8, 4) is 22.3 Å². The van der Waals surface area contributed by atoms with Gasteiger partial charge in [0, 0.05) is 23.5 Å². The van der Waals surface area contributed by atoms with Gasteiger partial charge in [-0.3, -0.25) is 0 Å². The molecule has 0 aliphatic rings. The fraction of sp³-hybridized carbons (Fsp3) is 0. The molecule has 0 saturated carbocycles. The lowest BCUT2D eigenvalue weighted by molar-refractivity contribution is 1.29. The number of pyridine rings is 2. The molecule has 0 aliphatic heterocycles. The van der Waals surface area contributed by atoms with Crippen molar-refractivity contribution in [3.05, 3.63) is 146 Å². The lowest BCUT2D eigenvalue weighted by Crippen LogP contribution is -2.00. The molecular formula is C36H26N4. The molecule has 4 heteroatoms. The van der Waals surface area contributed by atoms with Gasteiger partial charge in [-0.25, -0.2) is 9.97 Å². The van der Waals surface area contributed by atoms with Crippen LogP contribution in [-0.2, 0) is 0 Å². The predicted octanol–water partition coefficient (Wildman–Crippen LogP) is 9.60. The number of para-hydroxylation sites is 2. The number of hydrogen-bond donors (Lipinski definition) is 2. The molecule has 190 valence electrons. The molecule has 0 radical (unpaired) electrons. The fourth-order valence-electron chi connectivity index (χ4n) is 4.99. The van der Waals surface area contributed by atoms with Crippen LogP contribution in [0, 0.1) is 0 Å². The normalized spacial score (nSPS) is 11.0. The largest absolute Gasteiger partial charge is 0.339 e. The highest BCUT2D eigenvalue weighted by molar-refractivity contribution is 5.88. The second-order valence-corrected chi connectivity index (χ2v) is 9.78. The van der Waals surface area contributed by atoms with Gasteiger partial charge in [0.15, 0.2) is 0 Å². The maximum atomic E-state index is 4.69. The first-order valence-electron chi connectivity index (χ1n) is 13.3. The molecule has 2 aromatic heterocycles. The van der Waals surface area contributed by atoms with Gasteiger partial charge >= 0.3 is 0 Å². The molecule has 7 rings (SSSR count). The molecule has 0 fully saturated rings. The third-order valence-electron chi connectivity index (χ3n) is 7.15. The summed E-state index contributed by atoms with van der Waals surface area (Å²) in [5.41, 5.74) is 6.32. The van der Waals surface area contributed by atoms with Crippen LogP contribution in [0.4, 0.5) is 23.0 Å². The number of rotatable bonds is 6. The number of anilines is 4. The Morgan fingerprint density at radius 3 is 1.18 bits per heavy atom. The number of nitrogens with zero attached hydrogens (tertiary/aromatic N) is 2. The third kappa shape index (κ3) is 4.86. The Kier molecular flexibility index (Phi) is 6.11. The first-order chi connectivity index (χ1) is 19.8. The Hall–Kier alpha value is -5.48. The smallest absolute Gasteiger partial charge is 0.130 e. The molecule has 0 aliphatic carbocycles. The zero-order chi connectivity index (χ0) is 26.7. The molecule has 40 heavy (non-hydrogen) atoms. The lowest BCUT2D eigenvalue weighted by atomic mass is 10.0. The fourth-order valence-corrected chi connectivity index (χ4v) is 4.99. The molecule has 0 spiro atoms. The van der Waals surface area contributed by atoms with E-state index in [9.17, 15) is 0 Å². The third-order valence-corrected chi connectivity index (χ3v) is 7.15. The molecule has 0 saturated heterocycles. The van der Waals surface area contributed by atoms with Crippen molar-refractivity contribution in [1.82, 2.24) is 9.97 Å². The molecule has 0 atom stereocenters. The van der Waals surface area contributed by atoms with Gasteiger partial charge in [-0.05, 0) is 81.2 Å². The first kappa shape index (κ1) is 23.6. The van der Waals surface area contributed by atoms with Crippen molar-refractivity contribution in [1.29, 1.82) is 0 Å². The van der Waals surface area contributed by atoms with E-state index in [1.807, 2.05) is 48.8 Å². The van der Waals surface area contributed by atoms with Crippen molar-refractivity contribution >= 4 is 44.6 Å². The molecule has 0 unspecified atom stereocenters. The van der Waals surface area contributed by atoms with Crippen molar-refractivity contribution < 1.29 is 0 Å². The van der Waals surface area contributed by atoms with E-state index in [-0.39, 0.29) is 0 Å². The van der Waals surface area contributed by atoms with Gasteiger partial charge in [0.1, 0.15) is 11.6 Å². The summed E-state index contributed by atoms with van der Waals surface area (Å²) in [6.45, 7) is 0. The van der Waals surface area contributed by atoms with Crippen LogP contribution in [0.3, 0.4) is 0 Å². The van der Waals surface area contributed by atoms with E-state index in [0.717, 1.165) is 45.3 Å². The van der Waals surface area contributed by atoms with Crippen LogP contribution in [0.25, 0.3) is 43.8 Å². The highest BCUT2D eigenvalue weighted by Gasteiger charge is 2.07. The average Bonchev–Trinajstić information content (AvgIpc) is 3.02. The molecular weight excluding hydrogens is 488 g/mol. The predicted molar refractivity (Wildman–Crippen MR) is 167 cm³/mol. The Labute approximate surface area is 233 Å². The second-order valence-electron chi connectivity index (χ2n) is 9.78. The minimum absolute atomic E-state index is 0.776. The zero-order valence-corrected chi connectivity index (χ0v) is 21.8. The molecule has 2 heterocycles. The summed E-state index contributed by atoms with van der Waals surface area (Å²) < 4.78 is 0. The minimum Gasteiger partial charge on any atom is -0.339 e. The van der Waals surface area contributed by atoms with Crippen LogP contribution in [-0.4, -0.2) is 9.97 Å². The second kappa shape index (κ2) is 10.4. The Bertz CT molecular complexity index is 1800. The van der Waals surface area contributed by atoms with E-state index in [0.29, 0.717) is 0 Å². The number of nitrogens with one attached hydrogen (secondary N) is 2. The maximum Gasteiger partial charge on any atom is 0.130 e. The summed E-state index contributed by atoms with van der Waals surface area (Å²) in [4.78, 5) is 9.38. The quantitative estimate of drug-likeness (QED) is 0.232. The number of fused-ring (bicyclic) bond motifs is 2. The Morgan fingerprint density at radius 1 is 0.350 bits per heavy atom. The summed E-state index contributed by atoms with van der Waals surface area (Å²) in [5.74, 6) is 1.55. The van der Waals surface area contributed by atoms with Gasteiger partial charge in [-0.2, -0.15) is 0 Å². The lowest BCUT2D eigenvalue weighted by Gasteiger charge is -2.14. The van der Waals surface area contributed by atoms with Crippen LogP contribution >= 0.6 is 0 Å². The van der Waals surface area contributed by atoms with Crippen LogP contribution in [0.2, 0.25) is 0 Å². The van der Waals surface area contributed by atoms with Gasteiger partial charge in [0.05, 0.1) is 11.4 Å². The maximum absolute atomic E-state index is 4.69. The van der Waals surface area contributed by atoms with Crippen molar-refractivity contribution in [2.75, 3.05) is 10.6 Å². The van der Waals surface area contributed by atoms with Gasteiger partial charge in [0.2, 0.25) is 0 Å². The van der Waals surface area contributed by atoms with Crippen LogP contribution in [0.5, 0.6) is 0 Å². The Balaban J connectivity index is 1.08.